The number of nitrogens with one attached hydrogen (secondary N) is 1. The van der Waals surface area contributed by atoms with Crippen LogP contribution in [-0.4, -0.2) is 26.8 Å². The van der Waals surface area contributed by atoms with Gasteiger partial charge < -0.3 is 9.84 Å². The summed E-state index contributed by atoms with van der Waals surface area (Å²) in [5.74, 6) is 0.492. The molecule has 0 saturated carbocycles. The van der Waals surface area contributed by atoms with Gasteiger partial charge in [-0.25, -0.2) is 4.83 Å². The second-order valence-electron chi connectivity index (χ2n) is 5.29. The predicted octanol–water partition coefficient (Wildman–Crippen LogP) is 2.87. The van der Waals surface area contributed by atoms with Gasteiger partial charge in [0.15, 0.2) is 0 Å². The van der Waals surface area contributed by atoms with E-state index in [0.29, 0.717) is 11.3 Å². The van der Waals surface area contributed by atoms with E-state index in [-0.39, 0.29) is 10.6 Å². The van der Waals surface area contributed by atoms with E-state index in [1.807, 2.05) is 24.3 Å². The van der Waals surface area contributed by atoms with Crippen molar-refractivity contribution in [1.82, 2.24) is 4.83 Å². The summed E-state index contributed by atoms with van der Waals surface area (Å²) < 4.78 is 29.8. The average molecular weight is 356 g/mol. The standard InChI is InChI=1S/C18H16N2O4S/c1-24-16-7-9-18(21)15(10-16)12-19-20-25(22,23)17-8-6-13-4-2-3-5-14(13)11-17/h2-12,20-21H,1H3/b19-12+. The predicted molar refractivity (Wildman–Crippen MR) is 96.5 cm³/mol. The van der Waals surface area contributed by atoms with Crippen LogP contribution in [0.15, 0.2) is 70.7 Å². The number of sulfonamides is 1. The molecule has 0 bridgehead atoms. The van der Waals surface area contributed by atoms with Crippen LogP contribution in [0.3, 0.4) is 0 Å². The Bertz CT molecular complexity index is 1050. The van der Waals surface area contributed by atoms with Gasteiger partial charge in [0.1, 0.15) is 11.5 Å². The number of phenols is 1. The van der Waals surface area contributed by atoms with Crippen LogP contribution in [0.25, 0.3) is 10.8 Å². The number of hydrazone groups is 1. The second kappa shape index (κ2) is 6.82. The van der Waals surface area contributed by atoms with E-state index in [4.69, 9.17) is 4.74 Å². The molecule has 0 amide bonds. The van der Waals surface area contributed by atoms with Crippen LogP contribution in [0, 0.1) is 0 Å². The lowest BCUT2D eigenvalue weighted by Crippen LogP contribution is -2.18. The van der Waals surface area contributed by atoms with Crippen molar-refractivity contribution >= 4 is 27.0 Å². The zero-order valence-electron chi connectivity index (χ0n) is 13.4. The molecule has 0 heterocycles. The highest BCUT2D eigenvalue weighted by atomic mass is 32.2. The van der Waals surface area contributed by atoms with E-state index in [1.54, 1.807) is 24.3 Å². The lowest BCUT2D eigenvalue weighted by atomic mass is 10.1. The minimum atomic E-state index is -3.81. The van der Waals surface area contributed by atoms with E-state index < -0.39 is 10.0 Å². The van der Waals surface area contributed by atoms with Crippen molar-refractivity contribution in [2.75, 3.05) is 7.11 Å². The SMILES string of the molecule is COc1ccc(O)c(/C=N/NS(=O)(=O)c2ccc3ccccc3c2)c1. The summed E-state index contributed by atoms with van der Waals surface area (Å²) in [6.45, 7) is 0. The van der Waals surface area contributed by atoms with Crippen molar-refractivity contribution in [2.45, 2.75) is 4.90 Å². The molecule has 0 radical (unpaired) electrons. The molecule has 6 nitrogen and oxygen atoms in total. The fourth-order valence-corrected chi connectivity index (χ4v) is 3.14. The van der Waals surface area contributed by atoms with Crippen molar-refractivity contribution in [3.05, 3.63) is 66.2 Å². The highest BCUT2D eigenvalue weighted by molar-refractivity contribution is 7.89. The third-order valence-corrected chi connectivity index (χ3v) is 4.86. The summed E-state index contributed by atoms with van der Waals surface area (Å²) in [6, 6.07) is 16.9. The maximum atomic E-state index is 12.4. The molecule has 25 heavy (non-hydrogen) atoms. The highest BCUT2D eigenvalue weighted by Crippen LogP contribution is 2.21. The number of benzene rings is 3. The lowest BCUT2D eigenvalue weighted by molar-refractivity contribution is 0.412. The van der Waals surface area contributed by atoms with E-state index in [9.17, 15) is 13.5 Å². The van der Waals surface area contributed by atoms with Crippen LogP contribution in [0.4, 0.5) is 0 Å². The molecular weight excluding hydrogens is 340 g/mol. The van der Waals surface area contributed by atoms with E-state index in [0.717, 1.165) is 10.8 Å². The molecule has 3 aromatic rings. The van der Waals surface area contributed by atoms with E-state index in [2.05, 4.69) is 9.93 Å². The maximum absolute atomic E-state index is 12.4. The Kier molecular flexibility index (Phi) is 4.58. The van der Waals surface area contributed by atoms with Crippen LogP contribution in [-0.2, 0) is 10.0 Å². The number of methoxy groups -OCH3 is 1. The normalized spacial score (nSPS) is 11.7. The Morgan fingerprint density at radius 2 is 1.80 bits per heavy atom. The number of rotatable bonds is 5. The van der Waals surface area contributed by atoms with E-state index >= 15 is 0 Å². The van der Waals surface area contributed by atoms with Crippen molar-refractivity contribution in [3.8, 4) is 11.5 Å². The van der Waals surface area contributed by atoms with Crippen molar-refractivity contribution in [2.24, 2.45) is 5.10 Å². The van der Waals surface area contributed by atoms with Crippen molar-refractivity contribution in [3.63, 3.8) is 0 Å². The van der Waals surface area contributed by atoms with Crippen molar-refractivity contribution in [1.29, 1.82) is 0 Å². The molecular formula is C18H16N2O4S. The third kappa shape index (κ3) is 3.72. The zero-order valence-corrected chi connectivity index (χ0v) is 14.2. The Balaban J connectivity index is 1.83. The lowest BCUT2D eigenvalue weighted by Gasteiger charge is -2.06. The molecule has 7 heteroatoms. The number of ether oxygens (including phenoxy) is 1. The molecule has 0 saturated heterocycles. The Morgan fingerprint density at radius 3 is 2.56 bits per heavy atom. The van der Waals surface area contributed by atoms with Gasteiger partial charge in [-0.05, 0) is 41.1 Å². The van der Waals surface area contributed by atoms with Gasteiger partial charge in [0.05, 0.1) is 18.2 Å². The fourth-order valence-electron chi connectivity index (χ4n) is 2.32. The first-order chi connectivity index (χ1) is 12.0. The quantitative estimate of drug-likeness (QED) is 0.543. The van der Waals surface area contributed by atoms with Gasteiger partial charge in [-0.15, -0.1) is 0 Å². The minimum absolute atomic E-state index is 0.0329. The number of phenolic OH excluding ortho intramolecular Hbond substituents is 1. The smallest absolute Gasteiger partial charge is 0.276 e. The van der Waals surface area contributed by atoms with Gasteiger partial charge >= 0.3 is 0 Å². The average Bonchev–Trinajstić information content (AvgIpc) is 2.62. The maximum Gasteiger partial charge on any atom is 0.276 e. The first kappa shape index (κ1) is 16.8. The fraction of sp³-hybridized carbons (Fsp3) is 0.0556. The Morgan fingerprint density at radius 1 is 1.04 bits per heavy atom. The molecule has 0 aliphatic heterocycles. The number of hydrogen-bond acceptors (Lipinski definition) is 5. The van der Waals surface area contributed by atoms with Crippen LogP contribution in [0.2, 0.25) is 0 Å². The third-order valence-electron chi connectivity index (χ3n) is 3.64. The number of fused-ring (bicyclic) bond motifs is 1. The van der Waals surface area contributed by atoms with Gasteiger partial charge in [-0.2, -0.15) is 13.5 Å². The molecule has 0 fully saturated rings. The summed E-state index contributed by atoms with van der Waals surface area (Å²) >= 11 is 0. The monoisotopic (exact) mass is 356 g/mol. The van der Waals surface area contributed by atoms with Crippen molar-refractivity contribution < 1.29 is 18.3 Å². The first-order valence-electron chi connectivity index (χ1n) is 7.40. The number of aromatic hydroxyl groups is 1. The summed E-state index contributed by atoms with van der Waals surface area (Å²) in [5.41, 5.74) is 0.334. The Labute approximate surface area is 145 Å². The summed E-state index contributed by atoms with van der Waals surface area (Å²) in [7, 11) is -2.32. The minimum Gasteiger partial charge on any atom is -0.507 e. The number of nitrogens with zero attached hydrogens (tertiary/aromatic N) is 1. The Hall–Kier alpha value is -3.06. The van der Waals surface area contributed by atoms with Crippen LogP contribution >= 0.6 is 0 Å². The molecule has 3 aromatic carbocycles. The molecule has 0 aliphatic rings. The summed E-state index contributed by atoms with van der Waals surface area (Å²) in [4.78, 5) is 2.25. The molecule has 0 unspecified atom stereocenters. The molecule has 2 N–H and O–H groups in total. The largest absolute Gasteiger partial charge is 0.507 e. The van der Waals surface area contributed by atoms with Gasteiger partial charge in [0.25, 0.3) is 10.0 Å². The molecule has 0 atom stereocenters. The molecule has 0 aromatic heterocycles. The van der Waals surface area contributed by atoms with Gasteiger partial charge in [-0.3, -0.25) is 0 Å². The topological polar surface area (TPSA) is 88.0 Å². The van der Waals surface area contributed by atoms with Gasteiger partial charge in [-0.1, -0.05) is 30.3 Å². The highest BCUT2D eigenvalue weighted by Gasteiger charge is 2.13. The van der Waals surface area contributed by atoms with Crippen LogP contribution < -0.4 is 9.57 Å². The summed E-state index contributed by atoms with van der Waals surface area (Å²) in [5, 5.41) is 15.3. The molecule has 128 valence electrons. The van der Waals surface area contributed by atoms with Crippen LogP contribution in [0.5, 0.6) is 11.5 Å². The summed E-state index contributed by atoms with van der Waals surface area (Å²) in [6.07, 6.45) is 1.22. The van der Waals surface area contributed by atoms with Gasteiger partial charge in [0.2, 0.25) is 0 Å². The second-order valence-corrected chi connectivity index (χ2v) is 6.95. The molecule has 0 spiro atoms. The van der Waals surface area contributed by atoms with Crippen LogP contribution in [0.1, 0.15) is 5.56 Å². The number of hydrogen-bond donors (Lipinski definition) is 2. The van der Waals surface area contributed by atoms with Gasteiger partial charge in [0, 0.05) is 5.56 Å². The molecule has 0 aliphatic carbocycles. The molecule has 3 rings (SSSR count). The van der Waals surface area contributed by atoms with E-state index in [1.165, 1.54) is 25.5 Å². The first-order valence-corrected chi connectivity index (χ1v) is 8.88. The zero-order chi connectivity index (χ0) is 17.9.